The summed E-state index contributed by atoms with van der Waals surface area (Å²) in [4.78, 5) is 10.7. The van der Waals surface area contributed by atoms with Crippen molar-refractivity contribution in [2.45, 2.75) is 19.1 Å². The Kier molecular flexibility index (Phi) is 5.20. The highest BCUT2D eigenvalue weighted by Gasteiger charge is 2.25. The van der Waals surface area contributed by atoms with E-state index in [1.807, 2.05) is 0 Å². The number of rotatable bonds is 5. The van der Waals surface area contributed by atoms with E-state index in [0.717, 1.165) is 12.1 Å². The van der Waals surface area contributed by atoms with Gasteiger partial charge in [0.15, 0.2) is 11.6 Å². The van der Waals surface area contributed by atoms with Gasteiger partial charge in [0.25, 0.3) is 0 Å². The number of benzene rings is 1. The fourth-order valence-electron chi connectivity index (χ4n) is 1.50. The molecule has 0 aromatic heterocycles. The topological polar surface area (TPSA) is 78.8 Å². The van der Waals surface area contributed by atoms with Crippen LogP contribution in [0, 0.1) is 11.6 Å². The van der Waals surface area contributed by atoms with Crippen LogP contribution in [-0.2, 0) is 4.79 Å². The summed E-state index contributed by atoms with van der Waals surface area (Å²) in [5.41, 5.74) is -0.406. The molecule has 0 bridgehead atoms. The van der Waals surface area contributed by atoms with Crippen LogP contribution in [0.5, 0.6) is 5.75 Å². The molecule has 1 rings (SSSR count). The molecule has 0 aliphatic rings. The first kappa shape index (κ1) is 15.3. The maximum atomic E-state index is 13.6. The van der Waals surface area contributed by atoms with Gasteiger partial charge < -0.3 is 20.3 Å². The van der Waals surface area contributed by atoms with Crippen LogP contribution in [-0.4, -0.2) is 35.9 Å². The van der Waals surface area contributed by atoms with Crippen LogP contribution in [0.3, 0.4) is 0 Å². The van der Waals surface area contributed by atoms with Gasteiger partial charge in [0.2, 0.25) is 11.7 Å². The van der Waals surface area contributed by atoms with Crippen molar-refractivity contribution < 1.29 is 28.5 Å². The average Bonchev–Trinajstić information content (AvgIpc) is 2.38. The van der Waals surface area contributed by atoms with Gasteiger partial charge in [0.1, 0.15) is 12.2 Å². The first-order valence-electron chi connectivity index (χ1n) is 5.51. The summed E-state index contributed by atoms with van der Waals surface area (Å²) in [6, 6.07) is 2.25. The fourth-order valence-corrected chi connectivity index (χ4v) is 1.50. The predicted octanol–water partition coefficient (Wildman–Crippen LogP) is 0.504. The molecule has 0 radical (unpaired) electrons. The summed E-state index contributed by atoms with van der Waals surface area (Å²) >= 11 is 0. The second-order valence-electron chi connectivity index (χ2n) is 3.93. The van der Waals surface area contributed by atoms with Crippen molar-refractivity contribution in [3.63, 3.8) is 0 Å². The first-order chi connectivity index (χ1) is 8.88. The molecule has 7 heteroatoms. The minimum atomic E-state index is -1.66. The molecule has 1 amide bonds. The van der Waals surface area contributed by atoms with Crippen molar-refractivity contribution in [2.75, 3.05) is 13.7 Å². The van der Waals surface area contributed by atoms with E-state index in [0.29, 0.717) is 0 Å². The van der Waals surface area contributed by atoms with Gasteiger partial charge in [0.05, 0.1) is 7.11 Å². The predicted molar refractivity (Wildman–Crippen MR) is 62.6 cm³/mol. The number of aliphatic hydroxyl groups is 2. The highest BCUT2D eigenvalue weighted by Crippen LogP contribution is 2.27. The van der Waals surface area contributed by atoms with Crippen LogP contribution < -0.4 is 10.1 Å². The Morgan fingerprint density at radius 1 is 1.37 bits per heavy atom. The molecule has 3 N–H and O–H groups in total. The molecule has 5 nitrogen and oxygen atoms in total. The molecule has 106 valence electrons. The molecule has 0 aliphatic carbocycles. The first-order valence-corrected chi connectivity index (χ1v) is 5.51. The SMILES string of the molecule is COc1ccc(C(O)C(O)CNC(C)=O)c(F)c1F. The lowest BCUT2D eigenvalue weighted by Gasteiger charge is -2.19. The number of aliphatic hydroxyl groups excluding tert-OH is 2. The van der Waals surface area contributed by atoms with Gasteiger partial charge >= 0.3 is 0 Å². The Bertz CT molecular complexity index is 467. The summed E-state index contributed by atoms with van der Waals surface area (Å²) in [5.74, 6) is -3.25. The number of ether oxygens (including phenoxy) is 1. The molecule has 19 heavy (non-hydrogen) atoms. The Morgan fingerprint density at radius 3 is 2.53 bits per heavy atom. The number of hydrogen-bond donors (Lipinski definition) is 3. The van der Waals surface area contributed by atoms with Crippen molar-refractivity contribution in [3.05, 3.63) is 29.3 Å². The minimum absolute atomic E-state index is 0.274. The maximum absolute atomic E-state index is 13.6. The number of halogens is 2. The van der Waals surface area contributed by atoms with Crippen molar-refractivity contribution in [1.82, 2.24) is 5.32 Å². The third-order valence-corrected chi connectivity index (χ3v) is 2.54. The molecule has 0 fully saturated rings. The van der Waals surface area contributed by atoms with Crippen LogP contribution in [0.2, 0.25) is 0 Å². The van der Waals surface area contributed by atoms with Crippen LogP contribution >= 0.6 is 0 Å². The zero-order valence-corrected chi connectivity index (χ0v) is 10.5. The number of carbonyl (C=O) groups excluding carboxylic acids is 1. The number of amides is 1. The molecular weight excluding hydrogens is 260 g/mol. The molecule has 0 heterocycles. The van der Waals surface area contributed by atoms with E-state index in [4.69, 9.17) is 0 Å². The van der Waals surface area contributed by atoms with Crippen LogP contribution in [0.15, 0.2) is 12.1 Å². The maximum Gasteiger partial charge on any atom is 0.216 e. The van der Waals surface area contributed by atoms with E-state index in [1.54, 1.807) is 0 Å². The Hall–Kier alpha value is -1.73. The molecule has 2 atom stereocenters. The minimum Gasteiger partial charge on any atom is -0.494 e. The summed E-state index contributed by atoms with van der Waals surface area (Å²) < 4.78 is 31.7. The molecule has 0 saturated carbocycles. The Labute approximate surface area is 108 Å². The lowest BCUT2D eigenvalue weighted by atomic mass is 10.0. The second-order valence-corrected chi connectivity index (χ2v) is 3.93. The second kappa shape index (κ2) is 6.44. The monoisotopic (exact) mass is 275 g/mol. The Morgan fingerprint density at radius 2 is 2.00 bits per heavy atom. The largest absolute Gasteiger partial charge is 0.494 e. The van der Waals surface area contributed by atoms with Crippen molar-refractivity contribution >= 4 is 5.91 Å². The Balaban J connectivity index is 2.90. The molecule has 0 aliphatic heterocycles. The van der Waals surface area contributed by atoms with E-state index >= 15 is 0 Å². The number of hydrogen-bond acceptors (Lipinski definition) is 4. The number of carbonyl (C=O) groups is 1. The summed E-state index contributed by atoms with van der Waals surface area (Å²) in [5, 5.41) is 21.6. The van der Waals surface area contributed by atoms with Gasteiger partial charge in [-0.3, -0.25) is 4.79 Å². The van der Waals surface area contributed by atoms with Gasteiger partial charge in [-0.2, -0.15) is 4.39 Å². The summed E-state index contributed by atoms with van der Waals surface area (Å²) in [7, 11) is 1.18. The molecule has 2 unspecified atom stereocenters. The normalized spacial score (nSPS) is 13.8. The molecular formula is C12H15F2NO4. The number of methoxy groups -OCH3 is 1. The van der Waals surface area contributed by atoms with Gasteiger partial charge in [0, 0.05) is 19.0 Å². The van der Waals surface area contributed by atoms with E-state index in [-0.39, 0.29) is 12.3 Å². The molecule has 0 saturated heterocycles. The van der Waals surface area contributed by atoms with Crippen molar-refractivity contribution in [2.24, 2.45) is 0 Å². The smallest absolute Gasteiger partial charge is 0.216 e. The molecule has 1 aromatic carbocycles. The van der Waals surface area contributed by atoms with E-state index in [9.17, 15) is 23.8 Å². The quantitative estimate of drug-likeness (QED) is 0.731. The van der Waals surface area contributed by atoms with E-state index in [1.165, 1.54) is 14.0 Å². The zero-order valence-electron chi connectivity index (χ0n) is 10.5. The lowest BCUT2D eigenvalue weighted by molar-refractivity contribution is -0.119. The fraction of sp³-hybridized carbons (Fsp3) is 0.417. The van der Waals surface area contributed by atoms with Gasteiger partial charge in [-0.1, -0.05) is 0 Å². The van der Waals surface area contributed by atoms with Crippen LogP contribution in [0.1, 0.15) is 18.6 Å². The highest BCUT2D eigenvalue weighted by atomic mass is 19.2. The highest BCUT2D eigenvalue weighted by molar-refractivity contribution is 5.72. The average molecular weight is 275 g/mol. The zero-order chi connectivity index (χ0) is 14.6. The van der Waals surface area contributed by atoms with E-state index < -0.39 is 35.3 Å². The van der Waals surface area contributed by atoms with E-state index in [2.05, 4.69) is 10.1 Å². The van der Waals surface area contributed by atoms with Crippen molar-refractivity contribution in [3.8, 4) is 5.75 Å². The summed E-state index contributed by atoms with van der Waals surface area (Å²) in [6.45, 7) is 0.955. The van der Waals surface area contributed by atoms with Crippen LogP contribution in [0.4, 0.5) is 8.78 Å². The van der Waals surface area contributed by atoms with Gasteiger partial charge in [-0.25, -0.2) is 4.39 Å². The third kappa shape index (κ3) is 3.62. The number of nitrogens with one attached hydrogen (secondary N) is 1. The van der Waals surface area contributed by atoms with Crippen molar-refractivity contribution in [1.29, 1.82) is 0 Å². The van der Waals surface area contributed by atoms with Gasteiger partial charge in [-0.15, -0.1) is 0 Å². The molecule has 1 aromatic rings. The standard InChI is InChI=1S/C12H15F2NO4/c1-6(16)15-5-8(17)12(18)7-3-4-9(19-2)11(14)10(7)13/h3-4,8,12,17-18H,5H2,1-2H3,(H,15,16). The summed E-state index contributed by atoms with van der Waals surface area (Å²) in [6.07, 6.45) is -3.11. The lowest BCUT2D eigenvalue weighted by Crippen LogP contribution is -2.34. The molecule has 0 spiro atoms. The van der Waals surface area contributed by atoms with Gasteiger partial charge in [-0.05, 0) is 12.1 Å². The third-order valence-electron chi connectivity index (χ3n) is 2.54. The van der Waals surface area contributed by atoms with Crippen LogP contribution in [0.25, 0.3) is 0 Å².